The van der Waals surface area contributed by atoms with Gasteiger partial charge < -0.3 is 10.5 Å². The van der Waals surface area contributed by atoms with Gasteiger partial charge in [0.25, 0.3) is 5.56 Å². The molecule has 3 aromatic rings. The van der Waals surface area contributed by atoms with Gasteiger partial charge in [-0.3, -0.25) is 9.36 Å². The zero-order valence-corrected chi connectivity index (χ0v) is 16.3. The minimum atomic E-state index is -0.649. The Morgan fingerprint density at radius 2 is 1.90 bits per heavy atom. The molecule has 1 aromatic heterocycles. The number of ether oxygens (including phenoxy) is 1. The van der Waals surface area contributed by atoms with Crippen molar-refractivity contribution in [2.75, 3.05) is 13.7 Å². The van der Waals surface area contributed by atoms with Crippen LogP contribution in [0.5, 0.6) is 5.75 Å². The van der Waals surface area contributed by atoms with Gasteiger partial charge in [0, 0.05) is 19.0 Å². The van der Waals surface area contributed by atoms with Crippen LogP contribution in [0.4, 0.5) is 10.1 Å². The molecule has 0 atom stereocenters. The van der Waals surface area contributed by atoms with Crippen LogP contribution < -0.4 is 16.0 Å². The Hall–Kier alpha value is -3.50. The van der Waals surface area contributed by atoms with Gasteiger partial charge in [-0.25, -0.2) is 14.2 Å². The Kier molecular flexibility index (Phi) is 6.05. The van der Waals surface area contributed by atoms with Gasteiger partial charge in [0.1, 0.15) is 17.4 Å². The Balaban J connectivity index is 2.28. The number of hydrogen-bond acceptors (Lipinski definition) is 4. The van der Waals surface area contributed by atoms with Crippen molar-refractivity contribution in [3.8, 4) is 28.1 Å². The largest absolute Gasteiger partial charge is 0.497 e. The van der Waals surface area contributed by atoms with Gasteiger partial charge in [0.15, 0.2) is 0 Å². The molecule has 0 saturated carbocycles. The Labute approximate surface area is 168 Å². The summed E-state index contributed by atoms with van der Waals surface area (Å²) in [6, 6.07) is 11.3. The summed E-state index contributed by atoms with van der Waals surface area (Å²) < 4.78 is 21.0. The van der Waals surface area contributed by atoms with E-state index < -0.39 is 5.82 Å². The lowest BCUT2D eigenvalue weighted by Crippen LogP contribution is -2.25. The van der Waals surface area contributed by atoms with Gasteiger partial charge in [-0.15, -0.1) is 0 Å². The smallest absolute Gasteiger partial charge is 0.261 e. The molecule has 0 unspecified atom stereocenters. The van der Waals surface area contributed by atoms with Gasteiger partial charge in [-0.1, -0.05) is 24.3 Å². The first-order chi connectivity index (χ1) is 14.0. The highest BCUT2D eigenvalue weighted by Crippen LogP contribution is 2.31. The lowest BCUT2D eigenvalue weighted by atomic mass is 9.99. The molecule has 0 bridgehead atoms. The number of aromatic nitrogens is 2. The number of nitrogens with zero attached hydrogens (tertiary/aromatic N) is 3. The Bertz CT molecular complexity index is 1130. The summed E-state index contributed by atoms with van der Waals surface area (Å²) in [5.74, 6) is 0.582. The first kappa shape index (κ1) is 20.2. The van der Waals surface area contributed by atoms with Gasteiger partial charge in [-0.05, 0) is 36.7 Å². The number of rotatable bonds is 6. The van der Waals surface area contributed by atoms with Gasteiger partial charge in [0.05, 0.1) is 24.9 Å². The van der Waals surface area contributed by atoms with Crippen molar-refractivity contribution in [3.63, 3.8) is 0 Å². The Morgan fingerprint density at radius 3 is 2.48 bits per heavy atom. The molecule has 29 heavy (non-hydrogen) atoms. The monoisotopic (exact) mass is 392 g/mol. The minimum absolute atomic E-state index is 0.0769. The third-order valence-electron chi connectivity index (χ3n) is 4.71. The van der Waals surface area contributed by atoms with Crippen molar-refractivity contribution < 1.29 is 9.13 Å². The number of nitrogens with two attached hydrogens (primary N) is 1. The molecule has 0 amide bonds. The van der Waals surface area contributed by atoms with Gasteiger partial charge >= 0.3 is 0 Å². The summed E-state index contributed by atoms with van der Waals surface area (Å²) >= 11 is 0. The molecule has 0 aliphatic carbocycles. The maximum atomic E-state index is 14.3. The van der Waals surface area contributed by atoms with Crippen LogP contribution in [0.2, 0.25) is 0 Å². The average molecular weight is 392 g/mol. The summed E-state index contributed by atoms with van der Waals surface area (Å²) in [5, 5.41) is 0. The van der Waals surface area contributed by atoms with Crippen LogP contribution in [0.15, 0.2) is 47.3 Å². The van der Waals surface area contributed by atoms with E-state index in [4.69, 9.17) is 17.0 Å². The third kappa shape index (κ3) is 4.03. The highest BCUT2D eigenvalue weighted by molar-refractivity contribution is 5.81. The van der Waals surface area contributed by atoms with Crippen LogP contribution in [0.1, 0.15) is 12.2 Å². The van der Waals surface area contributed by atoms with Crippen molar-refractivity contribution in [3.05, 3.63) is 75.9 Å². The van der Waals surface area contributed by atoms with Crippen LogP contribution in [0.3, 0.4) is 0 Å². The number of halogens is 1. The van der Waals surface area contributed by atoms with Crippen LogP contribution in [0.25, 0.3) is 27.2 Å². The van der Waals surface area contributed by atoms with Crippen LogP contribution in [0, 0.1) is 12.4 Å². The van der Waals surface area contributed by atoms with E-state index in [0.717, 1.165) is 0 Å². The van der Waals surface area contributed by atoms with Gasteiger partial charge in [-0.2, -0.15) is 0 Å². The van der Waals surface area contributed by atoms with E-state index in [0.29, 0.717) is 53.3 Å². The number of benzene rings is 2. The molecular formula is C22H21FN4O2. The lowest BCUT2D eigenvalue weighted by molar-refractivity contribution is 0.415. The van der Waals surface area contributed by atoms with Crippen molar-refractivity contribution >= 4 is 5.69 Å². The van der Waals surface area contributed by atoms with Crippen molar-refractivity contribution in [1.29, 1.82) is 0 Å². The molecule has 0 fully saturated rings. The maximum absolute atomic E-state index is 14.3. The molecule has 148 valence electrons. The topological polar surface area (TPSA) is 74.5 Å². The summed E-state index contributed by atoms with van der Waals surface area (Å²) in [6.45, 7) is 7.51. The quantitative estimate of drug-likeness (QED) is 0.649. The second-order valence-electron chi connectivity index (χ2n) is 6.51. The standard InChI is InChI=1S/C22H21FN4O2/c1-25-18-11-8-15(13-17(18)23)21-20(14-6-9-16(29-3)10-7-14)22(28)27(2)19(26-21)5-4-12-24/h6-11,13H,4-5,12,24H2,2-3H3. The van der Waals surface area contributed by atoms with E-state index in [2.05, 4.69) is 9.83 Å². The molecule has 2 N–H and O–H groups in total. The molecule has 1 heterocycles. The number of hydrogen-bond donors (Lipinski definition) is 1. The fourth-order valence-electron chi connectivity index (χ4n) is 3.10. The summed E-state index contributed by atoms with van der Waals surface area (Å²) in [5.41, 5.74) is 7.12. The van der Waals surface area contributed by atoms with Gasteiger partial charge in [0.2, 0.25) is 5.69 Å². The zero-order valence-electron chi connectivity index (χ0n) is 16.3. The molecule has 0 aliphatic rings. The molecule has 7 heteroatoms. The summed E-state index contributed by atoms with van der Waals surface area (Å²) in [6.07, 6.45) is 1.20. The fourth-order valence-corrected chi connectivity index (χ4v) is 3.10. The SMILES string of the molecule is [C-]#[N+]c1ccc(-c2nc(CCCN)n(C)c(=O)c2-c2ccc(OC)cc2)cc1F. The third-order valence-corrected chi connectivity index (χ3v) is 4.71. The Morgan fingerprint density at radius 1 is 1.21 bits per heavy atom. The lowest BCUT2D eigenvalue weighted by Gasteiger charge is -2.15. The molecule has 0 saturated heterocycles. The normalized spacial score (nSPS) is 10.6. The maximum Gasteiger partial charge on any atom is 0.261 e. The van der Waals surface area contributed by atoms with Crippen LogP contribution in [-0.4, -0.2) is 23.2 Å². The average Bonchev–Trinajstić information content (AvgIpc) is 2.74. The minimum Gasteiger partial charge on any atom is -0.497 e. The number of aryl methyl sites for hydroxylation is 1. The first-order valence-corrected chi connectivity index (χ1v) is 9.12. The van der Waals surface area contributed by atoms with Crippen molar-refractivity contribution in [2.45, 2.75) is 12.8 Å². The van der Waals surface area contributed by atoms with Crippen molar-refractivity contribution in [1.82, 2.24) is 9.55 Å². The van der Waals surface area contributed by atoms with E-state index in [-0.39, 0.29) is 11.2 Å². The first-order valence-electron chi connectivity index (χ1n) is 9.12. The molecule has 0 aliphatic heterocycles. The highest BCUT2D eigenvalue weighted by atomic mass is 19.1. The molecule has 6 nitrogen and oxygen atoms in total. The molecular weight excluding hydrogens is 371 g/mol. The molecule has 0 spiro atoms. The van der Waals surface area contributed by atoms with E-state index >= 15 is 0 Å². The summed E-state index contributed by atoms with van der Waals surface area (Å²) in [4.78, 5) is 21.1. The second-order valence-corrected chi connectivity index (χ2v) is 6.51. The van der Waals surface area contributed by atoms with Crippen LogP contribution in [-0.2, 0) is 13.5 Å². The molecule has 2 aromatic carbocycles. The highest BCUT2D eigenvalue weighted by Gasteiger charge is 2.19. The molecule has 0 radical (unpaired) electrons. The van der Waals surface area contributed by atoms with E-state index in [1.54, 1.807) is 44.5 Å². The molecule has 3 rings (SSSR count). The summed E-state index contributed by atoms with van der Waals surface area (Å²) in [7, 11) is 3.23. The van der Waals surface area contributed by atoms with E-state index in [9.17, 15) is 9.18 Å². The fraction of sp³-hybridized carbons (Fsp3) is 0.227. The van der Waals surface area contributed by atoms with E-state index in [1.165, 1.54) is 16.7 Å². The van der Waals surface area contributed by atoms with E-state index in [1.807, 2.05) is 0 Å². The van der Waals surface area contributed by atoms with Crippen LogP contribution >= 0.6 is 0 Å². The second kappa shape index (κ2) is 8.67. The predicted molar refractivity (Wildman–Crippen MR) is 110 cm³/mol. The van der Waals surface area contributed by atoms with Crippen molar-refractivity contribution in [2.24, 2.45) is 12.8 Å². The zero-order chi connectivity index (χ0) is 21.0. The number of methoxy groups -OCH3 is 1. The predicted octanol–water partition coefficient (Wildman–Crippen LogP) is 3.70.